The zero-order valence-electron chi connectivity index (χ0n) is 10.3. The van der Waals surface area contributed by atoms with Gasteiger partial charge in [-0.1, -0.05) is 0 Å². The molecular formula is C11H24N2O2. The van der Waals surface area contributed by atoms with Crippen molar-refractivity contribution < 1.29 is 9.84 Å². The topological polar surface area (TPSA) is 44.7 Å². The van der Waals surface area contributed by atoms with Crippen molar-refractivity contribution in [1.82, 2.24) is 10.2 Å². The molecular weight excluding hydrogens is 192 g/mol. The molecule has 1 rings (SSSR count). The van der Waals surface area contributed by atoms with Gasteiger partial charge in [0.1, 0.15) is 0 Å². The molecule has 90 valence electrons. The van der Waals surface area contributed by atoms with Gasteiger partial charge in [-0.3, -0.25) is 0 Å². The van der Waals surface area contributed by atoms with E-state index >= 15 is 0 Å². The molecule has 3 atom stereocenters. The highest BCUT2D eigenvalue weighted by Crippen LogP contribution is 2.13. The summed E-state index contributed by atoms with van der Waals surface area (Å²) in [7, 11) is 3.94. The monoisotopic (exact) mass is 216 g/mol. The standard InChI is InChI=1S/C11H24N2O2/c1-9-10(5-6-15-9)12-7-11(2,14)8-13(3)4/h9-10,12,14H,5-8H2,1-4H3. The highest BCUT2D eigenvalue weighted by molar-refractivity contribution is 4.85. The third kappa shape index (κ3) is 4.47. The molecule has 1 saturated heterocycles. The van der Waals surface area contributed by atoms with Crippen LogP contribution in [0.4, 0.5) is 0 Å². The number of aliphatic hydroxyl groups is 1. The van der Waals surface area contributed by atoms with E-state index in [2.05, 4.69) is 12.2 Å². The molecule has 0 radical (unpaired) electrons. The van der Waals surface area contributed by atoms with Crippen molar-refractivity contribution in [2.45, 2.75) is 38.0 Å². The third-order valence-corrected chi connectivity index (χ3v) is 2.78. The number of nitrogens with zero attached hydrogens (tertiary/aromatic N) is 1. The third-order valence-electron chi connectivity index (χ3n) is 2.78. The van der Waals surface area contributed by atoms with Crippen molar-refractivity contribution in [3.8, 4) is 0 Å². The summed E-state index contributed by atoms with van der Waals surface area (Å²) in [5, 5.41) is 13.5. The molecule has 1 heterocycles. The molecule has 1 fully saturated rings. The van der Waals surface area contributed by atoms with Gasteiger partial charge in [-0.2, -0.15) is 0 Å². The van der Waals surface area contributed by atoms with Gasteiger partial charge < -0.3 is 20.1 Å². The van der Waals surface area contributed by atoms with Crippen LogP contribution in [0.3, 0.4) is 0 Å². The smallest absolute Gasteiger partial charge is 0.0869 e. The lowest BCUT2D eigenvalue weighted by molar-refractivity contribution is 0.0280. The average Bonchev–Trinajstić information content (AvgIpc) is 2.45. The summed E-state index contributed by atoms with van der Waals surface area (Å²) in [5.74, 6) is 0. The lowest BCUT2D eigenvalue weighted by Gasteiger charge is -2.29. The van der Waals surface area contributed by atoms with E-state index in [0.717, 1.165) is 13.0 Å². The van der Waals surface area contributed by atoms with Crippen LogP contribution >= 0.6 is 0 Å². The maximum absolute atomic E-state index is 10.1. The van der Waals surface area contributed by atoms with Crippen molar-refractivity contribution in [3.63, 3.8) is 0 Å². The van der Waals surface area contributed by atoms with Gasteiger partial charge >= 0.3 is 0 Å². The number of likely N-dealkylation sites (N-methyl/N-ethyl adjacent to an activating group) is 1. The number of ether oxygens (including phenoxy) is 1. The van der Waals surface area contributed by atoms with E-state index < -0.39 is 5.60 Å². The number of rotatable bonds is 5. The molecule has 0 saturated carbocycles. The molecule has 0 aromatic rings. The van der Waals surface area contributed by atoms with Crippen molar-refractivity contribution >= 4 is 0 Å². The van der Waals surface area contributed by atoms with Crippen LogP contribution < -0.4 is 5.32 Å². The predicted molar refractivity (Wildman–Crippen MR) is 61.0 cm³/mol. The second-order valence-corrected chi connectivity index (χ2v) is 5.09. The van der Waals surface area contributed by atoms with Crippen LogP contribution in [0.2, 0.25) is 0 Å². The van der Waals surface area contributed by atoms with Gasteiger partial charge in [-0.15, -0.1) is 0 Å². The zero-order valence-corrected chi connectivity index (χ0v) is 10.3. The first-order chi connectivity index (χ1) is 6.91. The Labute approximate surface area is 92.6 Å². The van der Waals surface area contributed by atoms with Gasteiger partial charge in [0.25, 0.3) is 0 Å². The van der Waals surface area contributed by atoms with Gasteiger partial charge in [-0.05, 0) is 34.4 Å². The fourth-order valence-electron chi connectivity index (χ4n) is 2.09. The summed E-state index contributed by atoms with van der Waals surface area (Å²) in [5.41, 5.74) is -0.675. The minimum atomic E-state index is -0.675. The molecule has 0 aromatic heterocycles. The van der Waals surface area contributed by atoms with Gasteiger partial charge in [0, 0.05) is 25.7 Å². The maximum atomic E-state index is 10.1. The minimum Gasteiger partial charge on any atom is -0.388 e. The summed E-state index contributed by atoms with van der Waals surface area (Å²) in [4.78, 5) is 2.00. The van der Waals surface area contributed by atoms with Gasteiger partial charge in [0.05, 0.1) is 11.7 Å². The Balaban J connectivity index is 2.28. The fraction of sp³-hybridized carbons (Fsp3) is 1.00. The van der Waals surface area contributed by atoms with Crippen LogP contribution in [0.25, 0.3) is 0 Å². The number of hydrogen-bond donors (Lipinski definition) is 2. The van der Waals surface area contributed by atoms with Crippen LogP contribution in [0.5, 0.6) is 0 Å². The van der Waals surface area contributed by atoms with Gasteiger partial charge in [0.15, 0.2) is 0 Å². The van der Waals surface area contributed by atoms with E-state index in [1.54, 1.807) is 0 Å². The highest BCUT2D eigenvalue weighted by Gasteiger charge is 2.27. The molecule has 0 spiro atoms. The van der Waals surface area contributed by atoms with E-state index in [1.165, 1.54) is 0 Å². The molecule has 0 amide bonds. The van der Waals surface area contributed by atoms with Crippen LogP contribution in [-0.2, 0) is 4.74 Å². The molecule has 1 aliphatic heterocycles. The first-order valence-electron chi connectivity index (χ1n) is 5.63. The molecule has 2 N–H and O–H groups in total. The Hall–Kier alpha value is -0.160. The van der Waals surface area contributed by atoms with Crippen LogP contribution in [-0.4, -0.2) is 61.5 Å². The van der Waals surface area contributed by atoms with Gasteiger partial charge in [0.2, 0.25) is 0 Å². The Morgan fingerprint density at radius 2 is 2.20 bits per heavy atom. The summed E-state index contributed by atoms with van der Waals surface area (Å²) in [6.07, 6.45) is 1.30. The Morgan fingerprint density at radius 3 is 2.67 bits per heavy atom. The predicted octanol–water partition coefficient (Wildman–Crippen LogP) is 0.0660. The second-order valence-electron chi connectivity index (χ2n) is 5.09. The summed E-state index contributed by atoms with van der Waals surface area (Å²) in [6.45, 7) is 6.05. The molecule has 3 unspecified atom stereocenters. The SMILES string of the molecule is CC1OCCC1NCC(C)(O)CN(C)C. The Morgan fingerprint density at radius 1 is 1.53 bits per heavy atom. The molecule has 4 nitrogen and oxygen atoms in total. The largest absolute Gasteiger partial charge is 0.388 e. The fourth-order valence-corrected chi connectivity index (χ4v) is 2.09. The molecule has 1 aliphatic rings. The van der Waals surface area contributed by atoms with Gasteiger partial charge in [-0.25, -0.2) is 0 Å². The molecule has 4 heteroatoms. The molecule has 15 heavy (non-hydrogen) atoms. The maximum Gasteiger partial charge on any atom is 0.0869 e. The van der Waals surface area contributed by atoms with E-state index in [9.17, 15) is 5.11 Å². The Bertz CT molecular complexity index is 195. The molecule has 0 bridgehead atoms. The summed E-state index contributed by atoms with van der Waals surface area (Å²) < 4.78 is 5.46. The van der Waals surface area contributed by atoms with Crippen molar-refractivity contribution in [2.24, 2.45) is 0 Å². The van der Waals surface area contributed by atoms with E-state index in [-0.39, 0.29) is 6.10 Å². The van der Waals surface area contributed by atoms with Crippen LogP contribution in [0.1, 0.15) is 20.3 Å². The lowest BCUT2D eigenvalue weighted by Crippen LogP contribution is -2.49. The van der Waals surface area contributed by atoms with Crippen molar-refractivity contribution in [1.29, 1.82) is 0 Å². The van der Waals surface area contributed by atoms with Crippen molar-refractivity contribution in [3.05, 3.63) is 0 Å². The second kappa shape index (κ2) is 5.25. The number of nitrogens with one attached hydrogen (secondary N) is 1. The quantitative estimate of drug-likeness (QED) is 0.682. The van der Waals surface area contributed by atoms with E-state index in [0.29, 0.717) is 19.1 Å². The van der Waals surface area contributed by atoms with E-state index in [4.69, 9.17) is 4.74 Å². The minimum absolute atomic E-state index is 0.264. The lowest BCUT2D eigenvalue weighted by atomic mass is 10.1. The van der Waals surface area contributed by atoms with E-state index in [1.807, 2.05) is 25.9 Å². The first kappa shape index (κ1) is 12.9. The Kier molecular flexibility index (Phi) is 4.52. The summed E-state index contributed by atoms with van der Waals surface area (Å²) in [6, 6.07) is 0.388. The van der Waals surface area contributed by atoms with Crippen LogP contribution in [0.15, 0.2) is 0 Å². The molecule has 0 aromatic carbocycles. The van der Waals surface area contributed by atoms with Crippen molar-refractivity contribution in [2.75, 3.05) is 33.8 Å². The average molecular weight is 216 g/mol. The zero-order chi connectivity index (χ0) is 11.5. The first-order valence-corrected chi connectivity index (χ1v) is 5.63. The number of hydrogen-bond acceptors (Lipinski definition) is 4. The highest BCUT2D eigenvalue weighted by atomic mass is 16.5. The normalized spacial score (nSPS) is 30.8. The van der Waals surface area contributed by atoms with Crippen LogP contribution in [0, 0.1) is 0 Å². The summed E-state index contributed by atoms with van der Waals surface area (Å²) >= 11 is 0. The molecule has 0 aliphatic carbocycles.